The third-order valence-corrected chi connectivity index (χ3v) is 3.02. The summed E-state index contributed by atoms with van der Waals surface area (Å²) in [5.74, 6) is -1.23. The van der Waals surface area contributed by atoms with Gasteiger partial charge in [0.2, 0.25) is 0 Å². The predicted molar refractivity (Wildman–Crippen MR) is 57.8 cm³/mol. The molecule has 6 nitrogen and oxygen atoms in total. The number of nitrogens with one attached hydrogen (secondary N) is 1. The van der Waals surface area contributed by atoms with Gasteiger partial charge in [-0.25, -0.2) is 5.10 Å². The van der Waals surface area contributed by atoms with Crippen LogP contribution in [0.1, 0.15) is 6.42 Å². The molecule has 0 aromatic carbocycles. The fourth-order valence-electron chi connectivity index (χ4n) is 1.78. The second-order valence-corrected chi connectivity index (χ2v) is 4.05. The number of hydrogen-bond acceptors (Lipinski definition) is 4. The van der Waals surface area contributed by atoms with Gasteiger partial charge in [0.25, 0.3) is 5.56 Å². The van der Waals surface area contributed by atoms with Crippen molar-refractivity contribution in [3.63, 3.8) is 0 Å². The molecule has 0 saturated carbocycles. The standard InChI is InChI=1S/C9H10ClN3O3/c10-7-6(3-11-12-8(7)14)13-2-1-5(4-13)9(15)16/h3,5H,1-2,4H2,(H,12,14)(H,15,16)/t5-/m0/s1. The highest BCUT2D eigenvalue weighted by Crippen LogP contribution is 2.27. The number of carboxylic acid groups (broad SMARTS) is 1. The SMILES string of the molecule is O=C(O)[C@H]1CCN(c2cn[nH]c(=O)c2Cl)C1. The highest BCUT2D eigenvalue weighted by molar-refractivity contribution is 6.33. The zero-order valence-corrected chi connectivity index (χ0v) is 9.07. The van der Waals surface area contributed by atoms with Crippen LogP contribution in [0.3, 0.4) is 0 Å². The lowest BCUT2D eigenvalue weighted by Gasteiger charge is -2.17. The summed E-state index contributed by atoms with van der Waals surface area (Å²) in [6, 6.07) is 0. The molecule has 0 spiro atoms. The quantitative estimate of drug-likeness (QED) is 0.782. The molecule has 2 heterocycles. The average Bonchev–Trinajstić information content (AvgIpc) is 2.71. The highest BCUT2D eigenvalue weighted by atomic mass is 35.5. The van der Waals surface area contributed by atoms with Crippen molar-refractivity contribution in [2.75, 3.05) is 18.0 Å². The van der Waals surface area contributed by atoms with Crippen molar-refractivity contribution in [2.24, 2.45) is 5.92 Å². The van der Waals surface area contributed by atoms with E-state index in [2.05, 4.69) is 10.2 Å². The monoisotopic (exact) mass is 243 g/mol. The molecule has 0 aliphatic carbocycles. The van der Waals surface area contributed by atoms with Crippen molar-refractivity contribution in [3.05, 3.63) is 21.6 Å². The Morgan fingerprint density at radius 1 is 1.69 bits per heavy atom. The molecule has 0 bridgehead atoms. The minimum atomic E-state index is -0.823. The zero-order valence-electron chi connectivity index (χ0n) is 8.31. The van der Waals surface area contributed by atoms with Gasteiger partial charge in [0, 0.05) is 13.1 Å². The lowest BCUT2D eigenvalue weighted by molar-refractivity contribution is -0.140. The van der Waals surface area contributed by atoms with Crippen LogP contribution in [0.4, 0.5) is 5.69 Å². The van der Waals surface area contributed by atoms with Crippen molar-refractivity contribution in [3.8, 4) is 0 Å². The van der Waals surface area contributed by atoms with Gasteiger partial charge in [-0.05, 0) is 6.42 Å². The molecular formula is C9H10ClN3O3. The molecule has 1 atom stereocenters. The van der Waals surface area contributed by atoms with Crippen LogP contribution in [0.2, 0.25) is 5.02 Å². The third-order valence-electron chi connectivity index (χ3n) is 2.66. The summed E-state index contributed by atoms with van der Waals surface area (Å²) in [7, 11) is 0. The second-order valence-electron chi connectivity index (χ2n) is 3.67. The van der Waals surface area contributed by atoms with E-state index < -0.39 is 17.4 Å². The smallest absolute Gasteiger partial charge is 0.308 e. The largest absolute Gasteiger partial charge is 0.481 e. The van der Waals surface area contributed by atoms with Gasteiger partial charge in [-0.2, -0.15) is 5.10 Å². The van der Waals surface area contributed by atoms with Gasteiger partial charge in [0.1, 0.15) is 5.02 Å². The first-order valence-electron chi connectivity index (χ1n) is 4.80. The Kier molecular flexibility index (Phi) is 2.82. The number of nitrogens with zero attached hydrogens (tertiary/aromatic N) is 2. The normalized spacial score (nSPS) is 20.1. The van der Waals surface area contributed by atoms with E-state index >= 15 is 0 Å². The summed E-state index contributed by atoms with van der Waals surface area (Å²) in [4.78, 5) is 23.8. The maximum Gasteiger partial charge on any atom is 0.308 e. The summed E-state index contributed by atoms with van der Waals surface area (Å²) >= 11 is 5.83. The highest BCUT2D eigenvalue weighted by Gasteiger charge is 2.29. The van der Waals surface area contributed by atoms with E-state index in [0.29, 0.717) is 25.2 Å². The van der Waals surface area contributed by atoms with Crippen LogP contribution in [0.15, 0.2) is 11.0 Å². The van der Waals surface area contributed by atoms with Crippen molar-refractivity contribution in [1.29, 1.82) is 0 Å². The molecule has 1 aromatic heterocycles. The lowest BCUT2D eigenvalue weighted by Crippen LogP contribution is -2.25. The van der Waals surface area contributed by atoms with Crippen molar-refractivity contribution < 1.29 is 9.90 Å². The van der Waals surface area contributed by atoms with Gasteiger partial charge in [-0.1, -0.05) is 11.6 Å². The molecule has 2 N–H and O–H groups in total. The van der Waals surface area contributed by atoms with Crippen LogP contribution in [0, 0.1) is 5.92 Å². The maximum atomic E-state index is 11.2. The van der Waals surface area contributed by atoms with E-state index in [9.17, 15) is 9.59 Å². The van der Waals surface area contributed by atoms with E-state index in [0.717, 1.165) is 0 Å². The number of aromatic amines is 1. The zero-order chi connectivity index (χ0) is 11.7. The number of halogens is 1. The molecule has 1 saturated heterocycles. The Bertz CT molecular complexity index is 473. The Morgan fingerprint density at radius 2 is 2.44 bits per heavy atom. The van der Waals surface area contributed by atoms with Crippen LogP contribution in [0.5, 0.6) is 0 Å². The maximum absolute atomic E-state index is 11.2. The predicted octanol–water partition coefficient (Wildman–Crippen LogP) is 0.334. The van der Waals surface area contributed by atoms with Crippen LogP contribution in [-0.2, 0) is 4.79 Å². The number of hydrogen-bond donors (Lipinski definition) is 2. The first-order chi connectivity index (χ1) is 7.59. The van der Waals surface area contributed by atoms with E-state index in [1.54, 1.807) is 4.90 Å². The molecule has 2 rings (SSSR count). The van der Waals surface area contributed by atoms with Crippen LogP contribution in [0.25, 0.3) is 0 Å². The summed E-state index contributed by atoms with van der Waals surface area (Å²) in [6.45, 7) is 0.933. The molecule has 0 amide bonds. The van der Waals surface area contributed by atoms with Gasteiger partial charge in [-0.15, -0.1) is 0 Å². The number of H-pyrrole nitrogens is 1. The summed E-state index contributed by atoms with van der Waals surface area (Å²) < 4.78 is 0. The number of carboxylic acids is 1. The number of carbonyl (C=O) groups is 1. The van der Waals surface area contributed by atoms with Crippen molar-refractivity contribution in [1.82, 2.24) is 10.2 Å². The molecule has 1 aromatic rings. The van der Waals surface area contributed by atoms with Crippen LogP contribution in [-0.4, -0.2) is 34.4 Å². The molecule has 1 aliphatic heterocycles. The van der Waals surface area contributed by atoms with Crippen LogP contribution >= 0.6 is 11.6 Å². The Labute approximate surface area is 95.8 Å². The number of anilines is 1. The fraction of sp³-hybridized carbons (Fsp3) is 0.444. The molecule has 16 heavy (non-hydrogen) atoms. The molecule has 86 valence electrons. The summed E-state index contributed by atoms with van der Waals surface area (Å²) in [5.41, 5.74) is 0.0344. The van der Waals surface area contributed by atoms with Gasteiger partial charge in [-0.3, -0.25) is 9.59 Å². The second kappa shape index (κ2) is 4.13. The summed E-state index contributed by atoms with van der Waals surface area (Å²) in [5, 5.41) is 14.8. The number of aliphatic carboxylic acids is 1. The molecule has 7 heteroatoms. The molecule has 0 unspecified atom stereocenters. The minimum Gasteiger partial charge on any atom is -0.481 e. The van der Waals surface area contributed by atoms with Crippen LogP contribution < -0.4 is 10.5 Å². The first kappa shape index (κ1) is 10.9. The van der Waals surface area contributed by atoms with E-state index in [4.69, 9.17) is 16.7 Å². The van der Waals surface area contributed by atoms with Gasteiger partial charge < -0.3 is 10.0 Å². The van der Waals surface area contributed by atoms with Gasteiger partial charge >= 0.3 is 5.97 Å². The lowest BCUT2D eigenvalue weighted by atomic mass is 10.1. The first-order valence-corrected chi connectivity index (χ1v) is 5.18. The molecule has 0 radical (unpaired) electrons. The number of rotatable bonds is 2. The Balaban J connectivity index is 2.24. The topological polar surface area (TPSA) is 86.3 Å². The number of aromatic nitrogens is 2. The van der Waals surface area contributed by atoms with Gasteiger partial charge in [0.15, 0.2) is 0 Å². The minimum absolute atomic E-state index is 0.0565. The third kappa shape index (κ3) is 1.88. The van der Waals surface area contributed by atoms with Crippen molar-refractivity contribution in [2.45, 2.75) is 6.42 Å². The Morgan fingerprint density at radius 3 is 3.06 bits per heavy atom. The molecule has 1 fully saturated rings. The fourth-order valence-corrected chi connectivity index (χ4v) is 1.99. The van der Waals surface area contributed by atoms with E-state index in [1.165, 1.54) is 6.20 Å². The Hall–Kier alpha value is -1.56. The molecular weight excluding hydrogens is 234 g/mol. The van der Waals surface area contributed by atoms with E-state index in [1.807, 2.05) is 0 Å². The van der Waals surface area contributed by atoms with Gasteiger partial charge in [0.05, 0.1) is 17.8 Å². The van der Waals surface area contributed by atoms with Crippen molar-refractivity contribution >= 4 is 23.3 Å². The van der Waals surface area contributed by atoms with E-state index in [-0.39, 0.29) is 5.02 Å². The molecule has 1 aliphatic rings. The average molecular weight is 244 g/mol. The summed E-state index contributed by atoms with van der Waals surface area (Å²) in [6.07, 6.45) is 1.99.